The Bertz CT molecular complexity index is 376. The van der Waals surface area contributed by atoms with E-state index in [1.165, 1.54) is 0 Å². The molecule has 1 aromatic heterocycles. The third-order valence-electron chi connectivity index (χ3n) is 2.27. The van der Waals surface area contributed by atoms with Crippen LogP contribution < -0.4 is 10.6 Å². The zero-order valence-corrected chi connectivity index (χ0v) is 9.84. The van der Waals surface area contributed by atoms with Gasteiger partial charge in [-0.25, -0.2) is 4.98 Å². The van der Waals surface area contributed by atoms with E-state index in [-0.39, 0.29) is 11.9 Å². The quantitative estimate of drug-likeness (QED) is 0.611. The van der Waals surface area contributed by atoms with Gasteiger partial charge < -0.3 is 10.6 Å². The SMILES string of the molecule is CC(C)N(C)c1nccc(C(=N)N)c1Cl. The lowest BCUT2D eigenvalue weighted by atomic mass is 10.2. The molecule has 0 aromatic carbocycles. The van der Waals surface area contributed by atoms with Crippen molar-refractivity contribution < 1.29 is 0 Å². The lowest BCUT2D eigenvalue weighted by molar-refractivity contribution is 0.743. The number of hydrogen-bond donors (Lipinski definition) is 2. The third-order valence-corrected chi connectivity index (χ3v) is 2.64. The van der Waals surface area contributed by atoms with Crippen molar-refractivity contribution in [1.82, 2.24) is 4.98 Å². The summed E-state index contributed by atoms with van der Waals surface area (Å²) in [4.78, 5) is 6.12. The van der Waals surface area contributed by atoms with Crippen LogP contribution in [0.1, 0.15) is 19.4 Å². The van der Waals surface area contributed by atoms with Crippen molar-refractivity contribution in [2.45, 2.75) is 19.9 Å². The Morgan fingerprint density at radius 2 is 2.20 bits per heavy atom. The summed E-state index contributed by atoms with van der Waals surface area (Å²) in [6, 6.07) is 1.93. The summed E-state index contributed by atoms with van der Waals surface area (Å²) in [5.74, 6) is 0.611. The number of halogens is 1. The van der Waals surface area contributed by atoms with E-state index in [1.54, 1.807) is 12.3 Å². The molecule has 5 heteroatoms. The lowest BCUT2D eigenvalue weighted by Gasteiger charge is -2.24. The van der Waals surface area contributed by atoms with Gasteiger partial charge in [-0.1, -0.05) is 11.6 Å². The minimum atomic E-state index is -0.0409. The molecule has 0 spiro atoms. The van der Waals surface area contributed by atoms with Gasteiger partial charge in [0, 0.05) is 24.8 Å². The zero-order valence-electron chi connectivity index (χ0n) is 9.08. The molecule has 1 heterocycles. The van der Waals surface area contributed by atoms with Crippen LogP contribution in [0, 0.1) is 5.41 Å². The number of anilines is 1. The van der Waals surface area contributed by atoms with Crippen LogP contribution in [0.15, 0.2) is 12.3 Å². The minimum Gasteiger partial charge on any atom is -0.384 e. The highest BCUT2D eigenvalue weighted by atomic mass is 35.5. The molecule has 4 nitrogen and oxygen atoms in total. The first-order valence-electron chi connectivity index (χ1n) is 4.67. The van der Waals surface area contributed by atoms with Crippen molar-refractivity contribution in [2.75, 3.05) is 11.9 Å². The van der Waals surface area contributed by atoms with Crippen molar-refractivity contribution in [1.29, 1.82) is 5.41 Å². The van der Waals surface area contributed by atoms with E-state index >= 15 is 0 Å². The topological polar surface area (TPSA) is 66.0 Å². The van der Waals surface area contributed by atoms with Gasteiger partial charge in [0.15, 0.2) is 0 Å². The van der Waals surface area contributed by atoms with E-state index in [0.29, 0.717) is 16.4 Å². The Balaban J connectivity index is 3.21. The van der Waals surface area contributed by atoms with Crippen LogP contribution >= 0.6 is 11.6 Å². The van der Waals surface area contributed by atoms with E-state index in [4.69, 9.17) is 22.7 Å². The second kappa shape index (κ2) is 4.49. The van der Waals surface area contributed by atoms with Crippen LogP contribution in [0.2, 0.25) is 5.02 Å². The second-order valence-electron chi connectivity index (χ2n) is 3.61. The minimum absolute atomic E-state index is 0.0409. The smallest absolute Gasteiger partial charge is 0.148 e. The summed E-state index contributed by atoms with van der Waals surface area (Å²) >= 11 is 6.12. The molecule has 3 N–H and O–H groups in total. The summed E-state index contributed by atoms with van der Waals surface area (Å²) in [6.45, 7) is 4.08. The first kappa shape index (κ1) is 11.8. The molecule has 0 saturated heterocycles. The van der Waals surface area contributed by atoms with Gasteiger partial charge in [0.05, 0.1) is 5.02 Å². The van der Waals surface area contributed by atoms with Crippen LogP contribution in [0.5, 0.6) is 0 Å². The standard InChI is InChI=1S/C10H15ClN4/c1-6(2)15(3)10-8(11)7(9(12)13)4-5-14-10/h4-6H,1-3H3,(H3,12,13). The van der Waals surface area contributed by atoms with Crippen molar-refractivity contribution in [3.8, 4) is 0 Å². The number of nitrogens with one attached hydrogen (secondary N) is 1. The van der Waals surface area contributed by atoms with Crippen LogP contribution in [-0.2, 0) is 0 Å². The first-order chi connectivity index (χ1) is 6.95. The Kier molecular flexibility index (Phi) is 3.52. The Morgan fingerprint density at radius 3 is 2.67 bits per heavy atom. The molecule has 0 saturated carbocycles. The number of pyridine rings is 1. The monoisotopic (exact) mass is 226 g/mol. The maximum Gasteiger partial charge on any atom is 0.148 e. The molecule has 0 aliphatic rings. The molecule has 0 bridgehead atoms. The van der Waals surface area contributed by atoms with Gasteiger partial charge in [-0.3, -0.25) is 5.41 Å². The van der Waals surface area contributed by atoms with E-state index in [2.05, 4.69) is 4.98 Å². The maximum atomic E-state index is 7.37. The van der Waals surface area contributed by atoms with Crippen LogP contribution in [0.4, 0.5) is 5.82 Å². The molecular formula is C10H15ClN4. The summed E-state index contributed by atoms with van der Waals surface area (Å²) < 4.78 is 0. The number of nitrogen functional groups attached to an aromatic ring is 1. The number of nitrogens with zero attached hydrogens (tertiary/aromatic N) is 2. The molecule has 82 valence electrons. The van der Waals surface area contributed by atoms with E-state index in [9.17, 15) is 0 Å². The predicted molar refractivity (Wildman–Crippen MR) is 63.8 cm³/mol. The Morgan fingerprint density at radius 1 is 1.60 bits per heavy atom. The number of amidine groups is 1. The fraction of sp³-hybridized carbons (Fsp3) is 0.400. The van der Waals surface area contributed by atoms with E-state index in [1.807, 2.05) is 25.8 Å². The highest BCUT2D eigenvalue weighted by molar-refractivity contribution is 6.36. The Labute approximate surface area is 94.6 Å². The van der Waals surface area contributed by atoms with Gasteiger partial charge in [-0.05, 0) is 19.9 Å². The predicted octanol–water partition coefficient (Wildman–Crippen LogP) is 1.86. The highest BCUT2D eigenvalue weighted by Crippen LogP contribution is 2.26. The number of rotatable bonds is 3. The average molecular weight is 227 g/mol. The number of nitrogens with two attached hydrogens (primary N) is 1. The highest BCUT2D eigenvalue weighted by Gasteiger charge is 2.14. The summed E-state index contributed by atoms with van der Waals surface area (Å²) in [5, 5.41) is 7.80. The molecule has 0 radical (unpaired) electrons. The first-order valence-corrected chi connectivity index (χ1v) is 5.04. The second-order valence-corrected chi connectivity index (χ2v) is 3.99. The van der Waals surface area contributed by atoms with Gasteiger partial charge in [-0.15, -0.1) is 0 Å². The van der Waals surface area contributed by atoms with Crippen LogP contribution in [-0.4, -0.2) is 23.9 Å². The van der Waals surface area contributed by atoms with E-state index < -0.39 is 0 Å². The van der Waals surface area contributed by atoms with Gasteiger partial charge in [0.1, 0.15) is 11.7 Å². The molecule has 0 atom stereocenters. The molecule has 0 amide bonds. The molecular weight excluding hydrogens is 212 g/mol. The molecule has 1 rings (SSSR count). The summed E-state index contributed by atoms with van der Waals surface area (Å²) in [7, 11) is 1.91. The zero-order chi connectivity index (χ0) is 11.6. The normalized spacial score (nSPS) is 10.5. The van der Waals surface area contributed by atoms with E-state index in [0.717, 1.165) is 0 Å². The van der Waals surface area contributed by atoms with Gasteiger partial charge in [0.25, 0.3) is 0 Å². The summed E-state index contributed by atoms with van der Waals surface area (Å²) in [5.41, 5.74) is 5.93. The Hall–Kier alpha value is -1.29. The van der Waals surface area contributed by atoms with Crippen LogP contribution in [0.3, 0.4) is 0 Å². The molecule has 0 fully saturated rings. The molecule has 0 aliphatic carbocycles. The maximum absolute atomic E-state index is 7.37. The number of hydrogen-bond acceptors (Lipinski definition) is 3. The van der Waals surface area contributed by atoms with Crippen LogP contribution in [0.25, 0.3) is 0 Å². The van der Waals surface area contributed by atoms with Crippen molar-refractivity contribution >= 4 is 23.3 Å². The van der Waals surface area contributed by atoms with Gasteiger partial charge in [0.2, 0.25) is 0 Å². The van der Waals surface area contributed by atoms with Gasteiger partial charge in [-0.2, -0.15) is 0 Å². The average Bonchev–Trinajstić information content (AvgIpc) is 2.16. The molecule has 0 unspecified atom stereocenters. The largest absolute Gasteiger partial charge is 0.384 e. The molecule has 1 aromatic rings. The van der Waals surface area contributed by atoms with Crippen molar-refractivity contribution in [3.05, 3.63) is 22.8 Å². The van der Waals surface area contributed by atoms with Crippen molar-refractivity contribution in [3.63, 3.8) is 0 Å². The number of aromatic nitrogens is 1. The lowest BCUT2D eigenvalue weighted by Crippen LogP contribution is -2.27. The third kappa shape index (κ3) is 2.39. The fourth-order valence-corrected chi connectivity index (χ4v) is 1.48. The molecule has 15 heavy (non-hydrogen) atoms. The molecule has 0 aliphatic heterocycles. The fourth-order valence-electron chi connectivity index (χ4n) is 1.13. The summed E-state index contributed by atoms with van der Waals surface area (Å²) in [6.07, 6.45) is 1.61. The van der Waals surface area contributed by atoms with Crippen molar-refractivity contribution in [2.24, 2.45) is 5.73 Å². The van der Waals surface area contributed by atoms with Gasteiger partial charge >= 0.3 is 0 Å².